The van der Waals surface area contributed by atoms with Crippen molar-refractivity contribution in [3.63, 3.8) is 0 Å². The molecule has 0 bridgehead atoms. The Kier molecular flexibility index (Phi) is 8.16. The van der Waals surface area contributed by atoms with E-state index in [1.807, 2.05) is 38.1 Å². The third-order valence-electron chi connectivity index (χ3n) is 3.92. The number of rotatable bonds is 9. The van der Waals surface area contributed by atoms with Crippen molar-refractivity contribution in [2.45, 2.75) is 46.6 Å². The molecule has 5 heteroatoms. The van der Waals surface area contributed by atoms with Crippen LogP contribution in [0.2, 0.25) is 0 Å². The molecule has 0 aliphatic heterocycles. The number of hydrogen-bond acceptors (Lipinski definition) is 3. The molecule has 1 rings (SSSR count). The van der Waals surface area contributed by atoms with Crippen molar-refractivity contribution in [1.82, 2.24) is 10.6 Å². The van der Waals surface area contributed by atoms with Gasteiger partial charge in [-0.15, -0.1) is 0 Å². The fraction of sp³-hybridized carbons (Fsp3) is 0.556. The van der Waals surface area contributed by atoms with Gasteiger partial charge in [0, 0.05) is 43.3 Å². The van der Waals surface area contributed by atoms with E-state index >= 15 is 0 Å². The van der Waals surface area contributed by atoms with Crippen LogP contribution in [0.25, 0.3) is 0 Å². The maximum Gasteiger partial charge on any atom is 0.251 e. The summed E-state index contributed by atoms with van der Waals surface area (Å²) in [5.74, 6) is -0.177. The first-order valence-corrected chi connectivity index (χ1v) is 8.44. The summed E-state index contributed by atoms with van der Waals surface area (Å²) in [6, 6.07) is 7.73. The quantitative estimate of drug-likeness (QED) is 0.735. The molecule has 0 aliphatic carbocycles. The molecule has 1 atom stereocenters. The Morgan fingerprint density at radius 3 is 2.22 bits per heavy atom. The minimum Gasteiger partial charge on any atom is -0.372 e. The zero-order chi connectivity index (χ0) is 17.2. The first-order chi connectivity index (χ1) is 11.0. The molecular formula is C18H29N3O2. The van der Waals surface area contributed by atoms with Gasteiger partial charge in [-0.05, 0) is 51.5 Å². The number of nitrogens with zero attached hydrogens (tertiary/aromatic N) is 1. The van der Waals surface area contributed by atoms with Crippen molar-refractivity contribution < 1.29 is 9.59 Å². The topological polar surface area (TPSA) is 61.4 Å². The predicted octanol–water partition coefficient (Wildman–Crippen LogP) is 2.57. The number of nitrogens with one attached hydrogen (secondary N) is 2. The number of anilines is 1. The van der Waals surface area contributed by atoms with Gasteiger partial charge in [-0.25, -0.2) is 0 Å². The number of carbonyl (C=O) groups excluding carboxylic acids is 2. The Morgan fingerprint density at radius 1 is 1.09 bits per heavy atom. The lowest BCUT2D eigenvalue weighted by molar-refractivity contribution is -0.121. The van der Waals surface area contributed by atoms with E-state index in [9.17, 15) is 9.59 Å². The van der Waals surface area contributed by atoms with Crippen LogP contribution in [0.5, 0.6) is 0 Å². The van der Waals surface area contributed by atoms with Crippen molar-refractivity contribution in [2.75, 3.05) is 24.5 Å². The van der Waals surface area contributed by atoms with Crippen LogP contribution in [0.15, 0.2) is 24.3 Å². The van der Waals surface area contributed by atoms with Gasteiger partial charge in [-0.3, -0.25) is 9.59 Å². The molecule has 0 radical (unpaired) electrons. The number of amides is 2. The normalized spacial score (nSPS) is 11.7. The second-order valence-electron chi connectivity index (χ2n) is 5.60. The SMILES string of the molecule is CCC(C)NC(=O)CCNC(=O)c1ccc(N(CC)CC)cc1. The van der Waals surface area contributed by atoms with Gasteiger partial charge in [0.2, 0.25) is 5.91 Å². The van der Waals surface area contributed by atoms with Gasteiger partial charge in [0.25, 0.3) is 5.91 Å². The Morgan fingerprint density at radius 2 is 1.70 bits per heavy atom. The molecule has 5 nitrogen and oxygen atoms in total. The first kappa shape index (κ1) is 19.0. The highest BCUT2D eigenvalue weighted by molar-refractivity contribution is 5.94. The second-order valence-corrected chi connectivity index (χ2v) is 5.60. The fourth-order valence-corrected chi connectivity index (χ4v) is 2.25. The molecule has 1 aromatic carbocycles. The highest BCUT2D eigenvalue weighted by Gasteiger charge is 2.09. The van der Waals surface area contributed by atoms with E-state index in [4.69, 9.17) is 0 Å². The van der Waals surface area contributed by atoms with Crippen LogP contribution in [0.3, 0.4) is 0 Å². The molecule has 2 N–H and O–H groups in total. The predicted molar refractivity (Wildman–Crippen MR) is 94.8 cm³/mol. The van der Waals surface area contributed by atoms with Crippen molar-refractivity contribution in [3.05, 3.63) is 29.8 Å². The van der Waals surface area contributed by atoms with Crippen molar-refractivity contribution in [3.8, 4) is 0 Å². The van der Waals surface area contributed by atoms with Gasteiger partial charge in [0.15, 0.2) is 0 Å². The smallest absolute Gasteiger partial charge is 0.251 e. The van der Waals surface area contributed by atoms with E-state index in [1.54, 1.807) is 0 Å². The van der Waals surface area contributed by atoms with Gasteiger partial charge in [-0.2, -0.15) is 0 Å². The Bertz CT molecular complexity index is 495. The molecule has 23 heavy (non-hydrogen) atoms. The minimum atomic E-state index is -0.146. The van der Waals surface area contributed by atoms with Gasteiger partial charge < -0.3 is 15.5 Å². The van der Waals surface area contributed by atoms with Crippen LogP contribution >= 0.6 is 0 Å². The first-order valence-electron chi connectivity index (χ1n) is 8.44. The summed E-state index contributed by atoms with van der Waals surface area (Å²) in [6.45, 7) is 10.4. The molecule has 0 aliphatic rings. The number of hydrogen-bond donors (Lipinski definition) is 2. The Labute approximate surface area is 139 Å². The summed E-state index contributed by atoms with van der Waals surface area (Å²) in [6.07, 6.45) is 1.20. The molecule has 0 spiro atoms. The molecule has 0 saturated heterocycles. The second kappa shape index (κ2) is 9.87. The van der Waals surface area contributed by atoms with Crippen LogP contribution in [-0.4, -0.2) is 37.5 Å². The van der Waals surface area contributed by atoms with E-state index < -0.39 is 0 Å². The zero-order valence-electron chi connectivity index (χ0n) is 14.7. The lowest BCUT2D eigenvalue weighted by atomic mass is 10.1. The summed E-state index contributed by atoms with van der Waals surface area (Å²) in [4.78, 5) is 25.9. The Hall–Kier alpha value is -2.04. The number of benzene rings is 1. The molecule has 0 heterocycles. The van der Waals surface area contributed by atoms with E-state index in [0.717, 1.165) is 25.2 Å². The summed E-state index contributed by atoms with van der Waals surface area (Å²) in [5.41, 5.74) is 1.72. The highest BCUT2D eigenvalue weighted by atomic mass is 16.2. The van der Waals surface area contributed by atoms with Crippen LogP contribution in [0, 0.1) is 0 Å². The summed E-state index contributed by atoms with van der Waals surface area (Å²) >= 11 is 0. The largest absolute Gasteiger partial charge is 0.372 e. The van der Waals surface area contributed by atoms with Gasteiger partial charge >= 0.3 is 0 Å². The van der Waals surface area contributed by atoms with E-state index in [1.165, 1.54) is 0 Å². The monoisotopic (exact) mass is 319 g/mol. The standard InChI is InChI=1S/C18H29N3O2/c1-5-14(4)20-17(22)12-13-19-18(23)15-8-10-16(11-9-15)21(6-2)7-3/h8-11,14H,5-7,12-13H2,1-4H3,(H,19,23)(H,20,22). The molecule has 2 amide bonds. The molecule has 1 unspecified atom stereocenters. The summed E-state index contributed by atoms with van der Waals surface area (Å²) < 4.78 is 0. The van der Waals surface area contributed by atoms with Gasteiger partial charge in [0.1, 0.15) is 0 Å². The third-order valence-corrected chi connectivity index (χ3v) is 3.92. The van der Waals surface area contributed by atoms with Crippen LogP contribution < -0.4 is 15.5 Å². The average Bonchev–Trinajstić information content (AvgIpc) is 2.56. The summed E-state index contributed by atoms with van der Waals surface area (Å²) in [5, 5.41) is 5.66. The maximum absolute atomic E-state index is 12.1. The molecule has 128 valence electrons. The summed E-state index contributed by atoms with van der Waals surface area (Å²) in [7, 11) is 0. The fourth-order valence-electron chi connectivity index (χ4n) is 2.25. The van der Waals surface area contributed by atoms with Crippen molar-refractivity contribution in [2.24, 2.45) is 0 Å². The van der Waals surface area contributed by atoms with Crippen LogP contribution in [-0.2, 0) is 4.79 Å². The van der Waals surface area contributed by atoms with Gasteiger partial charge in [-0.1, -0.05) is 6.92 Å². The molecule has 0 fully saturated rings. The Balaban J connectivity index is 2.45. The molecule has 0 saturated carbocycles. The molecule has 1 aromatic rings. The lowest BCUT2D eigenvalue weighted by Gasteiger charge is -2.21. The highest BCUT2D eigenvalue weighted by Crippen LogP contribution is 2.14. The minimum absolute atomic E-state index is 0.0310. The van der Waals surface area contributed by atoms with Crippen molar-refractivity contribution in [1.29, 1.82) is 0 Å². The zero-order valence-corrected chi connectivity index (χ0v) is 14.7. The van der Waals surface area contributed by atoms with E-state index in [-0.39, 0.29) is 17.9 Å². The van der Waals surface area contributed by atoms with Crippen LogP contribution in [0.1, 0.15) is 50.9 Å². The third kappa shape index (κ3) is 6.30. The maximum atomic E-state index is 12.1. The molecular weight excluding hydrogens is 290 g/mol. The van der Waals surface area contributed by atoms with Gasteiger partial charge in [0.05, 0.1) is 0 Å². The van der Waals surface area contributed by atoms with E-state index in [2.05, 4.69) is 29.4 Å². The van der Waals surface area contributed by atoms with Crippen molar-refractivity contribution >= 4 is 17.5 Å². The average molecular weight is 319 g/mol. The van der Waals surface area contributed by atoms with E-state index in [0.29, 0.717) is 18.5 Å². The lowest BCUT2D eigenvalue weighted by Crippen LogP contribution is -2.35. The van der Waals surface area contributed by atoms with Crippen LogP contribution in [0.4, 0.5) is 5.69 Å². The number of carbonyl (C=O) groups is 2. The molecule has 0 aromatic heterocycles.